The number of aryl methyl sites for hydroxylation is 1. The molecule has 2 aromatic carbocycles. The van der Waals surface area contributed by atoms with E-state index < -0.39 is 0 Å². The molecule has 9 heteroatoms. The van der Waals surface area contributed by atoms with E-state index in [1.165, 1.54) is 0 Å². The van der Waals surface area contributed by atoms with Crippen LogP contribution in [-0.4, -0.2) is 17.7 Å². The fourth-order valence-electron chi connectivity index (χ4n) is 3.77. The van der Waals surface area contributed by atoms with Crippen LogP contribution in [0.4, 0.5) is 11.5 Å². The van der Waals surface area contributed by atoms with Crippen LogP contribution in [0, 0.1) is 18.3 Å². The number of hydrogen-bond acceptors (Lipinski definition) is 8. The molecule has 164 valence electrons. The Morgan fingerprint density at radius 1 is 1.18 bits per heavy atom. The molecule has 0 saturated carbocycles. The van der Waals surface area contributed by atoms with Crippen LogP contribution >= 0.6 is 11.3 Å². The number of carbonyl (C=O) groups is 1. The summed E-state index contributed by atoms with van der Waals surface area (Å²) < 4.78 is 10.7. The minimum atomic E-state index is -0.333. The molecule has 2 aromatic heterocycles. The Balaban J connectivity index is 1.52. The van der Waals surface area contributed by atoms with Crippen LogP contribution < -0.4 is 26.3 Å². The van der Waals surface area contributed by atoms with Gasteiger partial charge in [-0.15, -0.1) is 11.3 Å². The Labute approximate surface area is 193 Å². The highest BCUT2D eigenvalue weighted by Gasteiger charge is 2.24. The van der Waals surface area contributed by atoms with Crippen LogP contribution in [0.1, 0.15) is 26.4 Å². The SMILES string of the molecule is Cc1ccc(-c2c(C#N)c(N)nc3sc(C(=O)NCc4ccc5c(c4)OCO5)c(N)c23)cc1. The minimum absolute atomic E-state index is 0.106. The number of aromatic nitrogens is 1. The summed E-state index contributed by atoms with van der Waals surface area (Å²) in [6.07, 6.45) is 0. The molecule has 5 N–H and O–H groups in total. The lowest BCUT2D eigenvalue weighted by Crippen LogP contribution is -2.22. The molecule has 0 fully saturated rings. The molecule has 0 radical (unpaired) electrons. The average molecular weight is 458 g/mol. The Kier molecular flexibility index (Phi) is 4.99. The number of amides is 1. The van der Waals surface area contributed by atoms with Crippen molar-refractivity contribution in [3.05, 3.63) is 64.0 Å². The van der Waals surface area contributed by atoms with Gasteiger partial charge in [-0.1, -0.05) is 35.9 Å². The zero-order valence-electron chi connectivity index (χ0n) is 17.6. The number of nitrogen functional groups attached to an aromatic ring is 2. The summed E-state index contributed by atoms with van der Waals surface area (Å²) in [4.78, 5) is 18.2. The van der Waals surface area contributed by atoms with Crippen molar-refractivity contribution in [1.29, 1.82) is 5.26 Å². The maximum absolute atomic E-state index is 13.0. The number of anilines is 2. The van der Waals surface area contributed by atoms with Crippen LogP contribution in [0.25, 0.3) is 21.3 Å². The van der Waals surface area contributed by atoms with E-state index in [2.05, 4.69) is 16.4 Å². The Morgan fingerprint density at radius 2 is 1.94 bits per heavy atom. The van der Waals surface area contributed by atoms with Gasteiger partial charge in [0.05, 0.1) is 5.69 Å². The van der Waals surface area contributed by atoms with Crippen LogP contribution in [-0.2, 0) is 6.54 Å². The Morgan fingerprint density at radius 3 is 2.70 bits per heavy atom. The van der Waals surface area contributed by atoms with Gasteiger partial charge in [-0.2, -0.15) is 5.26 Å². The molecule has 1 aliphatic rings. The van der Waals surface area contributed by atoms with E-state index in [0.717, 1.165) is 28.0 Å². The first-order valence-electron chi connectivity index (χ1n) is 10.1. The third kappa shape index (κ3) is 3.56. The highest BCUT2D eigenvalue weighted by Crippen LogP contribution is 2.42. The smallest absolute Gasteiger partial charge is 0.263 e. The third-order valence-corrected chi connectivity index (χ3v) is 6.55. The number of nitrogens with two attached hydrogens (primary N) is 2. The summed E-state index contributed by atoms with van der Waals surface area (Å²) in [5.74, 6) is 1.10. The van der Waals surface area contributed by atoms with Gasteiger partial charge < -0.3 is 26.3 Å². The predicted octanol–water partition coefficient (Wildman–Crippen LogP) is 3.97. The topological polar surface area (TPSA) is 136 Å². The average Bonchev–Trinajstić information content (AvgIpc) is 3.41. The molecule has 1 amide bonds. The zero-order valence-corrected chi connectivity index (χ0v) is 18.5. The Hall–Kier alpha value is -4.29. The molecule has 0 bridgehead atoms. The van der Waals surface area contributed by atoms with Gasteiger partial charge in [-0.3, -0.25) is 4.79 Å². The van der Waals surface area contributed by atoms with Crippen molar-refractivity contribution in [2.75, 3.05) is 18.3 Å². The summed E-state index contributed by atoms with van der Waals surface area (Å²) in [6.45, 7) is 2.45. The quantitative estimate of drug-likeness (QED) is 0.422. The monoisotopic (exact) mass is 457 g/mol. The fraction of sp³-hybridized carbons (Fsp3) is 0.125. The molecule has 33 heavy (non-hydrogen) atoms. The normalized spacial score (nSPS) is 12.0. The van der Waals surface area contributed by atoms with Crippen LogP contribution in [0.15, 0.2) is 42.5 Å². The maximum Gasteiger partial charge on any atom is 0.263 e. The molecule has 0 spiro atoms. The van der Waals surface area contributed by atoms with Gasteiger partial charge in [0.1, 0.15) is 27.2 Å². The van der Waals surface area contributed by atoms with Crippen LogP contribution in [0.3, 0.4) is 0 Å². The molecule has 3 heterocycles. The number of fused-ring (bicyclic) bond motifs is 2. The summed E-state index contributed by atoms with van der Waals surface area (Å²) >= 11 is 1.15. The minimum Gasteiger partial charge on any atom is -0.454 e. The van der Waals surface area contributed by atoms with E-state index in [-0.39, 0.29) is 36.3 Å². The van der Waals surface area contributed by atoms with Crippen molar-refractivity contribution in [3.8, 4) is 28.7 Å². The molecule has 0 atom stereocenters. The second-order valence-corrected chi connectivity index (χ2v) is 8.62. The fourth-order valence-corrected chi connectivity index (χ4v) is 4.80. The first kappa shape index (κ1) is 20.6. The number of hydrogen-bond donors (Lipinski definition) is 3. The molecule has 4 aromatic rings. The second kappa shape index (κ2) is 8.00. The van der Waals surface area contributed by atoms with Gasteiger partial charge in [0.2, 0.25) is 6.79 Å². The number of rotatable bonds is 4. The van der Waals surface area contributed by atoms with Crippen molar-refractivity contribution in [1.82, 2.24) is 10.3 Å². The highest BCUT2D eigenvalue weighted by molar-refractivity contribution is 7.21. The van der Waals surface area contributed by atoms with Crippen LogP contribution in [0.5, 0.6) is 11.5 Å². The zero-order chi connectivity index (χ0) is 23.1. The van der Waals surface area contributed by atoms with E-state index in [1.54, 1.807) is 0 Å². The standard InChI is InChI=1S/C24H19N5O3S/c1-12-2-5-14(6-3-12)18-15(9-25)22(27)29-24-19(18)20(26)21(33-24)23(30)28-10-13-4-7-16-17(8-13)32-11-31-16/h2-8H,10-11,26H2,1H3,(H2,27,29)(H,28,30). The largest absolute Gasteiger partial charge is 0.454 e. The van der Waals surface area contributed by atoms with Crippen molar-refractivity contribution < 1.29 is 14.3 Å². The van der Waals surface area contributed by atoms with E-state index in [9.17, 15) is 10.1 Å². The number of carbonyl (C=O) groups excluding carboxylic acids is 1. The predicted molar refractivity (Wildman–Crippen MR) is 127 cm³/mol. The number of nitrogens with zero attached hydrogens (tertiary/aromatic N) is 2. The van der Waals surface area contributed by atoms with Gasteiger partial charge in [0.15, 0.2) is 11.5 Å². The van der Waals surface area contributed by atoms with E-state index in [1.807, 2.05) is 49.4 Å². The summed E-state index contributed by atoms with van der Waals surface area (Å²) in [6, 6.07) is 15.3. The van der Waals surface area contributed by atoms with E-state index in [0.29, 0.717) is 32.2 Å². The summed E-state index contributed by atoms with van der Waals surface area (Å²) in [5.41, 5.74) is 16.4. The summed E-state index contributed by atoms with van der Waals surface area (Å²) in [5, 5.41) is 13.2. The van der Waals surface area contributed by atoms with Gasteiger partial charge >= 0.3 is 0 Å². The molecule has 0 aliphatic carbocycles. The summed E-state index contributed by atoms with van der Waals surface area (Å²) in [7, 11) is 0. The maximum atomic E-state index is 13.0. The van der Waals surface area contributed by atoms with Gasteiger partial charge in [0, 0.05) is 17.5 Å². The van der Waals surface area contributed by atoms with Crippen LogP contribution in [0.2, 0.25) is 0 Å². The number of nitriles is 1. The molecule has 0 unspecified atom stereocenters. The lowest BCUT2D eigenvalue weighted by atomic mass is 9.96. The molecular weight excluding hydrogens is 438 g/mol. The van der Waals surface area contributed by atoms with E-state index >= 15 is 0 Å². The Bertz CT molecular complexity index is 1450. The van der Waals surface area contributed by atoms with E-state index in [4.69, 9.17) is 20.9 Å². The number of benzene rings is 2. The molecule has 0 saturated heterocycles. The van der Waals surface area contributed by atoms with Crippen molar-refractivity contribution >= 4 is 39.0 Å². The second-order valence-electron chi connectivity index (χ2n) is 7.62. The van der Waals surface area contributed by atoms with Crippen molar-refractivity contribution in [2.24, 2.45) is 0 Å². The molecular formula is C24H19N5O3S. The third-order valence-electron chi connectivity index (χ3n) is 5.45. The van der Waals surface area contributed by atoms with Crippen molar-refractivity contribution in [3.63, 3.8) is 0 Å². The first-order chi connectivity index (χ1) is 16.0. The number of thiophene rings is 1. The lowest BCUT2D eigenvalue weighted by Gasteiger charge is -2.10. The first-order valence-corrected chi connectivity index (χ1v) is 10.9. The molecule has 5 rings (SSSR count). The number of pyridine rings is 1. The highest BCUT2D eigenvalue weighted by atomic mass is 32.1. The number of nitrogens with one attached hydrogen (secondary N) is 1. The van der Waals surface area contributed by atoms with Gasteiger partial charge in [-0.25, -0.2) is 4.98 Å². The molecule has 8 nitrogen and oxygen atoms in total. The van der Waals surface area contributed by atoms with Crippen molar-refractivity contribution in [2.45, 2.75) is 13.5 Å². The molecule has 1 aliphatic heterocycles. The lowest BCUT2D eigenvalue weighted by molar-refractivity contribution is 0.0955. The number of ether oxygens (including phenoxy) is 2. The van der Waals surface area contributed by atoms with Gasteiger partial charge in [0.25, 0.3) is 5.91 Å². The van der Waals surface area contributed by atoms with Gasteiger partial charge in [-0.05, 0) is 30.2 Å².